The Balaban J connectivity index is 1.55. The Morgan fingerprint density at radius 1 is 1.24 bits per heavy atom. The molecule has 0 aliphatic heterocycles. The van der Waals surface area contributed by atoms with Gasteiger partial charge in [0.2, 0.25) is 0 Å². The normalized spacial score (nSPS) is 22.2. The van der Waals surface area contributed by atoms with E-state index in [2.05, 4.69) is 29.6 Å². The molecule has 0 unspecified atom stereocenters. The Bertz CT molecular complexity index is 367. The van der Waals surface area contributed by atoms with Crippen molar-refractivity contribution in [1.82, 2.24) is 5.32 Å². The summed E-state index contributed by atoms with van der Waals surface area (Å²) in [6.07, 6.45) is 6.11. The van der Waals surface area contributed by atoms with Crippen LogP contribution in [0.5, 0.6) is 0 Å². The number of hydrogen-bond donors (Lipinski definition) is 1. The van der Waals surface area contributed by atoms with E-state index in [4.69, 9.17) is 4.74 Å². The first-order valence-electron chi connectivity index (χ1n) is 6.67. The van der Waals surface area contributed by atoms with Gasteiger partial charge in [0.1, 0.15) is 0 Å². The Labute approximate surface area is 103 Å². The van der Waals surface area contributed by atoms with Gasteiger partial charge in [0.05, 0.1) is 5.60 Å². The van der Waals surface area contributed by atoms with Crippen LogP contribution < -0.4 is 5.32 Å². The molecule has 0 aromatic heterocycles. The lowest BCUT2D eigenvalue weighted by molar-refractivity contribution is -0.0707. The van der Waals surface area contributed by atoms with E-state index in [1.54, 1.807) is 0 Å². The number of ether oxygens (including phenoxy) is 1. The molecule has 92 valence electrons. The monoisotopic (exact) mass is 231 g/mol. The predicted octanol–water partition coefficient (Wildman–Crippen LogP) is 2.31. The van der Waals surface area contributed by atoms with Crippen molar-refractivity contribution in [2.45, 2.75) is 43.7 Å². The number of nitrogens with one attached hydrogen (secondary N) is 1. The van der Waals surface area contributed by atoms with Crippen molar-refractivity contribution in [2.75, 3.05) is 13.7 Å². The van der Waals surface area contributed by atoms with Gasteiger partial charge in [0.25, 0.3) is 0 Å². The Morgan fingerprint density at radius 2 is 1.88 bits per heavy atom. The van der Waals surface area contributed by atoms with E-state index >= 15 is 0 Å². The molecule has 0 saturated heterocycles. The topological polar surface area (TPSA) is 21.3 Å². The molecule has 0 atom stereocenters. The quantitative estimate of drug-likeness (QED) is 0.858. The first-order chi connectivity index (χ1) is 8.31. The van der Waals surface area contributed by atoms with E-state index in [1.807, 2.05) is 7.11 Å². The molecular weight excluding hydrogens is 210 g/mol. The molecule has 17 heavy (non-hydrogen) atoms. The van der Waals surface area contributed by atoms with E-state index in [0.29, 0.717) is 6.04 Å². The van der Waals surface area contributed by atoms with Crippen molar-refractivity contribution < 1.29 is 4.74 Å². The van der Waals surface area contributed by atoms with Crippen molar-refractivity contribution in [3.8, 4) is 0 Å². The molecule has 0 spiro atoms. The highest BCUT2D eigenvalue weighted by Crippen LogP contribution is 2.34. The van der Waals surface area contributed by atoms with Crippen LogP contribution in [0.4, 0.5) is 0 Å². The van der Waals surface area contributed by atoms with Gasteiger partial charge in [-0.2, -0.15) is 0 Å². The summed E-state index contributed by atoms with van der Waals surface area (Å²) in [4.78, 5) is 0. The first kappa shape index (κ1) is 11.2. The summed E-state index contributed by atoms with van der Waals surface area (Å²) < 4.78 is 5.65. The van der Waals surface area contributed by atoms with Crippen LogP contribution in [0.3, 0.4) is 0 Å². The predicted molar refractivity (Wildman–Crippen MR) is 69.2 cm³/mol. The molecule has 1 fully saturated rings. The summed E-state index contributed by atoms with van der Waals surface area (Å²) in [5.74, 6) is 0. The van der Waals surface area contributed by atoms with Crippen molar-refractivity contribution in [2.24, 2.45) is 0 Å². The largest absolute Gasteiger partial charge is 0.377 e. The molecule has 0 amide bonds. The Hall–Kier alpha value is -0.860. The van der Waals surface area contributed by atoms with Crippen LogP contribution in [0.2, 0.25) is 0 Å². The average Bonchev–Trinajstić information content (AvgIpc) is 2.71. The minimum absolute atomic E-state index is 0.148. The highest BCUT2D eigenvalue weighted by atomic mass is 16.5. The van der Waals surface area contributed by atoms with Crippen LogP contribution >= 0.6 is 0 Å². The van der Waals surface area contributed by atoms with Gasteiger partial charge in [0, 0.05) is 19.7 Å². The summed E-state index contributed by atoms with van der Waals surface area (Å²) in [6.45, 7) is 1.02. The molecule has 2 heteroatoms. The molecule has 1 N–H and O–H groups in total. The standard InChI is InChI=1S/C15H21NO/c1-17-15(7-4-8-15)11-16-14-9-12-5-2-3-6-13(12)10-14/h2-3,5-6,14,16H,4,7-11H2,1H3. The van der Waals surface area contributed by atoms with Gasteiger partial charge in [-0.25, -0.2) is 0 Å². The van der Waals surface area contributed by atoms with E-state index in [1.165, 1.54) is 43.2 Å². The summed E-state index contributed by atoms with van der Waals surface area (Å²) in [6, 6.07) is 9.41. The SMILES string of the molecule is COC1(CNC2Cc3ccccc3C2)CCC1. The molecule has 2 nitrogen and oxygen atoms in total. The molecule has 0 bridgehead atoms. The molecule has 1 aromatic rings. The number of benzene rings is 1. The van der Waals surface area contributed by atoms with Crippen molar-refractivity contribution >= 4 is 0 Å². The number of methoxy groups -OCH3 is 1. The summed E-state index contributed by atoms with van der Waals surface area (Å²) >= 11 is 0. The second kappa shape index (κ2) is 4.43. The second-order valence-electron chi connectivity index (χ2n) is 5.50. The lowest BCUT2D eigenvalue weighted by Crippen LogP contribution is -2.50. The smallest absolute Gasteiger partial charge is 0.0802 e. The van der Waals surface area contributed by atoms with Crippen LogP contribution in [-0.2, 0) is 17.6 Å². The summed E-state index contributed by atoms with van der Waals surface area (Å²) in [5.41, 5.74) is 3.18. The highest BCUT2D eigenvalue weighted by Gasteiger charge is 2.37. The van der Waals surface area contributed by atoms with Crippen molar-refractivity contribution in [3.05, 3.63) is 35.4 Å². The van der Waals surface area contributed by atoms with Gasteiger partial charge >= 0.3 is 0 Å². The van der Waals surface area contributed by atoms with E-state index in [9.17, 15) is 0 Å². The fraction of sp³-hybridized carbons (Fsp3) is 0.600. The minimum atomic E-state index is 0.148. The third kappa shape index (κ3) is 2.12. The van der Waals surface area contributed by atoms with Gasteiger partial charge in [-0.1, -0.05) is 24.3 Å². The van der Waals surface area contributed by atoms with Crippen LogP contribution in [0.1, 0.15) is 30.4 Å². The van der Waals surface area contributed by atoms with Crippen LogP contribution in [0.25, 0.3) is 0 Å². The molecule has 2 aliphatic rings. The zero-order valence-electron chi connectivity index (χ0n) is 10.5. The minimum Gasteiger partial charge on any atom is -0.377 e. The van der Waals surface area contributed by atoms with Gasteiger partial charge in [0.15, 0.2) is 0 Å². The van der Waals surface area contributed by atoms with E-state index < -0.39 is 0 Å². The van der Waals surface area contributed by atoms with Crippen LogP contribution in [-0.4, -0.2) is 25.3 Å². The average molecular weight is 231 g/mol. The molecule has 1 aromatic carbocycles. The van der Waals surface area contributed by atoms with E-state index in [0.717, 1.165) is 6.54 Å². The van der Waals surface area contributed by atoms with Gasteiger partial charge in [-0.05, 0) is 43.2 Å². The summed E-state index contributed by atoms with van der Waals surface area (Å²) in [5, 5.41) is 3.70. The Kier molecular flexibility index (Phi) is 2.93. The van der Waals surface area contributed by atoms with Crippen LogP contribution in [0.15, 0.2) is 24.3 Å². The van der Waals surface area contributed by atoms with Crippen molar-refractivity contribution in [3.63, 3.8) is 0 Å². The Morgan fingerprint density at radius 3 is 2.35 bits per heavy atom. The lowest BCUT2D eigenvalue weighted by atomic mass is 9.80. The van der Waals surface area contributed by atoms with E-state index in [-0.39, 0.29) is 5.60 Å². The van der Waals surface area contributed by atoms with Crippen LogP contribution in [0, 0.1) is 0 Å². The zero-order chi connectivity index (χ0) is 11.7. The van der Waals surface area contributed by atoms with Gasteiger partial charge < -0.3 is 10.1 Å². The molecule has 2 aliphatic carbocycles. The third-order valence-electron chi connectivity index (χ3n) is 4.46. The number of rotatable bonds is 4. The van der Waals surface area contributed by atoms with Crippen molar-refractivity contribution in [1.29, 1.82) is 0 Å². The molecular formula is C15H21NO. The maximum atomic E-state index is 5.65. The molecule has 0 heterocycles. The molecule has 3 rings (SSSR count). The maximum absolute atomic E-state index is 5.65. The zero-order valence-corrected chi connectivity index (χ0v) is 10.5. The maximum Gasteiger partial charge on any atom is 0.0802 e. The van der Waals surface area contributed by atoms with Gasteiger partial charge in [-0.15, -0.1) is 0 Å². The third-order valence-corrected chi connectivity index (χ3v) is 4.46. The van der Waals surface area contributed by atoms with Gasteiger partial charge in [-0.3, -0.25) is 0 Å². The summed E-state index contributed by atoms with van der Waals surface area (Å²) in [7, 11) is 1.85. The fourth-order valence-electron chi connectivity index (χ4n) is 3.06. The lowest BCUT2D eigenvalue weighted by Gasteiger charge is -2.41. The number of fused-ring (bicyclic) bond motifs is 1. The fourth-order valence-corrected chi connectivity index (χ4v) is 3.06. The number of hydrogen-bond acceptors (Lipinski definition) is 2. The molecule has 0 radical (unpaired) electrons. The highest BCUT2D eigenvalue weighted by molar-refractivity contribution is 5.33. The second-order valence-corrected chi connectivity index (χ2v) is 5.50. The first-order valence-corrected chi connectivity index (χ1v) is 6.67. The molecule has 1 saturated carbocycles.